The molecule has 0 aliphatic carbocycles. The highest BCUT2D eigenvalue weighted by atomic mass is 32.2. The topological polar surface area (TPSA) is 113 Å². The van der Waals surface area contributed by atoms with Gasteiger partial charge in [-0.2, -0.15) is 0 Å². The number of fused-ring (bicyclic) bond motifs is 1. The highest BCUT2D eigenvalue weighted by Gasteiger charge is 2.26. The van der Waals surface area contributed by atoms with E-state index in [-0.39, 0.29) is 6.10 Å². The summed E-state index contributed by atoms with van der Waals surface area (Å²) < 4.78 is 30.1. The van der Waals surface area contributed by atoms with Crippen molar-refractivity contribution in [1.82, 2.24) is 19.9 Å². The Hall–Kier alpha value is -4.25. The van der Waals surface area contributed by atoms with Crippen LogP contribution in [0.3, 0.4) is 0 Å². The van der Waals surface area contributed by atoms with E-state index < -0.39 is 9.84 Å². The van der Waals surface area contributed by atoms with Crippen molar-refractivity contribution in [2.75, 3.05) is 41.0 Å². The van der Waals surface area contributed by atoms with Gasteiger partial charge in [0.2, 0.25) is 11.8 Å². The summed E-state index contributed by atoms with van der Waals surface area (Å²) in [5.41, 5.74) is 4.06. The summed E-state index contributed by atoms with van der Waals surface area (Å²) >= 11 is 0. The molecule has 2 aliphatic heterocycles. The summed E-state index contributed by atoms with van der Waals surface area (Å²) in [6.07, 6.45) is 8.86. The number of anilines is 4. The van der Waals surface area contributed by atoms with Gasteiger partial charge in [0, 0.05) is 57.0 Å². The summed E-state index contributed by atoms with van der Waals surface area (Å²) in [5, 5.41) is 3.36. The molecule has 2 aromatic heterocycles. The van der Waals surface area contributed by atoms with Crippen molar-refractivity contribution in [2.24, 2.45) is 0 Å². The summed E-state index contributed by atoms with van der Waals surface area (Å²) in [5.74, 6) is 2.00. The molecule has 4 heterocycles. The quantitative estimate of drug-likeness (QED) is 0.341. The van der Waals surface area contributed by atoms with Crippen LogP contribution in [0.1, 0.15) is 24.0 Å². The Labute approximate surface area is 234 Å². The third-order valence-corrected chi connectivity index (χ3v) is 8.38. The van der Waals surface area contributed by atoms with Crippen LogP contribution < -0.4 is 19.9 Å². The first-order valence-electron chi connectivity index (χ1n) is 13.4. The Balaban J connectivity index is 1.03. The minimum Gasteiger partial charge on any atom is -0.474 e. The smallest absolute Gasteiger partial charge is 0.225 e. The van der Waals surface area contributed by atoms with Crippen LogP contribution >= 0.6 is 0 Å². The number of nitrogens with one attached hydrogen (secondary N) is 1. The molecule has 10 nitrogen and oxygen atoms in total. The Morgan fingerprint density at radius 1 is 0.950 bits per heavy atom. The molecular formula is C29H31N7O3S. The van der Waals surface area contributed by atoms with Crippen molar-refractivity contribution < 1.29 is 13.2 Å². The molecule has 11 heteroatoms. The first-order chi connectivity index (χ1) is 19.4. The number of benzene rings is 2. The van der Waals surface area contributed by atoms with Crippen LogP contribution in [-0.2, 0) is 22.8 Å². The van der Waals surface area contributed by atoms with Gasteiger partial charge < -0.3 is 19.9 Å². The van der Waals surface area contributed by atoms with Crippen molar-refractivity contribution >= 4 is 33.0 Å². The number of sulfone groups is 1. The van der Waals surface area contributed by atoms with E-state index >= 15 is 0 Å². The standard InChI is InChI=1S/C29H31N7O3S/c1-40(37,38)25-7-8-26-22(15-25)9-14-36(26)27-16-28(34-20-33-27)39-24-10-12-35(13-11-24)29-31-18-23(19-32-29)30-17-21-5-3-2-4-6-21/h2-8,15-16,18-20,24,30H,9-14,17H2,1H3. The van der Waals surface area contributed by atoms with Crippen molar-refractivity contribution in [1.29, 1.82) is 0 Å². The van der Waals surface area contributed by atoms with E-state index in [4.69, 9.17) is 4.74 Å². The number of hydrogen-bond acceptors (Lipinski definition) is 10. The van der Waals surface area contributed by atoms with Gasteiger partial charge in [0.15, 0.2) is 9.84 Å². The van der Waals surface area contributed by atoms with Crippen LogP contribution in [0.25, 0.3) is 0 Å². The molecule has 40 heavy (non-hydrogen) atoms. The summed E-state index contributed by atoms with van der Waals surface area (Å²) in [6.45, 7) is 3.03. The van der Waals surface area contributed by atoms with Crippen LogP contribution in [-0.4, -0.2) is 60.3 Å². The van der Waals surface area contributed by atoms with Gasteiger partial charge in [-0.1, -0.05) is 30.3 Å². The fourth-order valence-electron chi connectivity index (χ4n) is 5.11. The van der Waals surface area contributed by atoms with Crippen molar-refractivity contribution in [3.05, 3.63) is 84.4 Å². The van der Waals surface area contributed by atoms with E-state index in [0.29, 0.717) is 10.8 Å². The van der Waals surface area contributed by atoms with Gasteiger partial charge in [0.25, 0.3) is 0 Å². The molecule has 0 radical (unpaired) electrons. The summed E-state index contributed by atoms with van der Waals surface area (Å²) in [4.78, 5) is 22.5. The van der Waals surface area contributed by atoms with E-state index in [2.05, 4.69) is 47.2 Å². The van der Waals surface area contributed by atoms with Gasteiger partial charge in [-0.15, -0.1) is 0 Å². The van der Waals surface area contributed by atoms with Crippen LogP contribution in [0.15, 0.2) is 78.2 Å². The normalized spacial score (nSPS) is 15.6. The number of nitrogens with zero attached hydrogens (tertiary/aromatic N) is 6. The maximum absolute atomic E-state index is 11.9. The van der Waals surface area contributed by atoms with Crippen LogP contribution in [0.4, 0.5) is 23.1 Å². The van der Waals surface area contributed by atoms with Crippen molar-refractivity contribution in [2.45, 2.75) is 36.8 Å². The second kappa shape index (κ2) is 11.1. The number of ether oxygens (including phenoxy) is 1. The van der Waals surface area contributed by atoms with Gasteiger partial charge in [-0.05, 0) is 35.7 Å². The molecule has 1 fully saturated rings. The number of rotatable bonds is 8. The molecule has 2 aliphatic rings. The Bertz CT molecular complexity index is 1580. The lowest BCUT2D eigenvalue weighted by Gasteiger charge is -2.32. The molecule has 0 unspecified atom stereocenters. The first kappa shape index (κ1) is 26.0. The van der Waals surface area contributed by atoms with E-state index in [1.165, 1.54) is 18.1 Å². The Kier molecular flexibility index (Phi) is 7.21. The molecule has 0 amide bonds. The molecular weight excluding hydrogens is 526 g/mol. The second-order valence-corrected chi connectivity index (χ2v) is 12.1. The van der Waals surface area contributed by atoms with E-state index in [1.54, 1.807) is 12.1 Å². The van der Waals surface area contributed by atoms with Gasteiger partial charge in [-0.3, -0.25) is 0 Å². The van der Waals surface area contributed by atoms with E-state index in [9.17, 15) is 8.42 Å². The largest absolute Gasteiger partial charge is 0.474 e. The van der Waals surface area contributed by atoms with Crippen LogP contribution in [0.2, 0.25) is 0 Å². The first-order valence-corrected chi connectivity index (χ1v) is 15.3. The number of aromatic nitrogens is 4. The molecule has 206 valence electrons. The molecule has 6 rings (SSSR count). The molecule has 2 aromatic carbocycles. The van der Waals surface area contributed by atoms with Gasteiger partial charge in [-0.25, -0.2) is 28.4 Å². The van der Waals surface area contributed by atoms with E-state index in [1.807, 2.05) is 42.7 Å². The fourth-order valence-corrected chi connectivity index (χ4v) is 5.78. The minimum atomic E-state index is -3.24. The predicted octanol–water partition coefficient (Wildman–Crippen LogP) is 4.02. The molecule has 4 aromatic rings. The molecule has 1 saturated heterocycles. The van der Waals surface area contributed by atoms with Crippen LogP contribution in [0, 0.1) is 0 Å². The summed E-state index contributed by atoms with van der Waals surface area (Å²) in [7, 11) is -3.24. The van der Waals surface area contributed by atoms with E-state index in [0.717, 1.165) is 74.1 Å². The van der Waals surface area contributed by atoms with Crippen molar-refractivity contribution in [3.8, 4) is 5.88 Å². The number of piperidine rings is 1. The average molecular weight is 558 g/mol. The second-order valence-electron chi connectivity index (χ2n) is 10.1. The average Bonchev–Trinajstić information content (AvgIpc) is 3.41. The predicted molar refractivity (Wildman–Crippen MR) is 154 cm³/mol. The third-order valence-electron chi connectivity index (χ3n) is 7.27. The zero-order chi connectivity index (χ0) is 27.5. The lowest BCUT2D eigenvalue weighted by molar-refractivity contribution is 0.163. The van der Waals surface area contributed by atoms with Gasteiger partial charge in [0.05, 0.1) is 23.0 Å². The van der Waals surface area contributed by atoms with Gasteiger partial charge >= 0.3 is 0 Å². The zero-order valence-electron chi connectivity index (χ0n) is 22.3. The molecule has 0 saturated carbocycles. The highest BCUT2D eigenvalue weighted by molar-refractivity contribution is 7.90. The minimum absolute atomic E-state index is 0.0361. The molecule has 0 atom stereocenters. The zero-order valence-corrected chi connectivity index (χ0v) is 23.1. The third kappa shape index (κ3) is 5.84. The summed E-state index contributed by atoms with van der Waals surface area (Å²) in [6, 6.07) is 17.3. The Morgan fingerprint density at radius 3 is 2.48 bits per heavy atom. The Morgan fingerprint density at radius 2 is 1.73 bits per heavy atom. The molecule has 1 N–H and O–H groups in total. The van der Waals surface area contributed by atoms with Crippen LogP contribution in [0.5, 0.6) is 5.88 Å². The van der Waals surface area contributed by atoms with Gasteiger partial charge in [0.1, 0.15) is 18.2 Å². The molecule has 0 spiro atoms. The highest BCUT2D eigenvalue weighted by Crippen LogP contribution is 2.35. The number of hydrogen-bond donors (Lipinski definition) is 1. The van der Waals surface area contributed by atoms with Crippen molar-refractivity contribution in [3.63, 3.8) is 0 Å². The fraction of sp³-hybridized carbons (Fsp3) is 0.310. The maximum Gasteiger partial charge on any atom is 0.225 e. The maximum atomic E-state index is 11.9. The lowest BCUT2D eigenvalue weighted by Crippen LogP contribution is -2.39. The SMILES string of the molecule is CS(=O)(=O)c1ccc2c(c1)CCN2c1cc(OC2CCN(c3ncc(NCc4ccccc4)cn3)CC2)ncn1. The monoisotopic (exact) mass is 557 g/mol. The lowest BCUT2D eigenvalue weighted by atomic mass is 10.1. The molecule has 0 bridgehead atoms.